The number of carbonyl (C=O) groups excluding carboxylic acids is 1. The molecule has 0 saturated heterocycles. The van der Waals surface area contributed by atoms with Crippen LogP contribution < -0.4 is 5.32 Å². The van der Waals surface area contributed by atoms with Crippen molar-refractivity contribution >= 4 is 34.4 Å². The highest BCUT2D eigenvalue weighted by Gasteiger charge is 2.23. The van der Waals surface area contributed by atoms with Crippen LogP contribution >= 0.6 is 11.6 Å². The Bertz CT molecular complexity index is 952. The third-order valence-electron chi connectivity index (χ3n) is 4.23. The lowest BCUT2D eigenvalue weighted by Crippen LogP contribution is -2.21. The van der Waals surface area contributed by atoms with Gasteiger partial charge in [0.25, 0.3) is 0 Å². The maximum absolute atomic E-state index is 12.3. The number of rotatable bonds is 3. The largest absolute Gasteiger partial charge is 0.326 e. The van der Waals surface area contributed by atoms with Gasteiger partial charge in [-0.2, -0.15) is 0 Å². The number of aromatic nitrogens is 3. The van der Waals surface area contributed by atoms with E-state index >= 15 is 0 Å². The molecule has 0 saturated carbocycles. The molecule has 0 fully saturated rings. The van der Waals surface area contributed by atoms with Gasteiger partial charge in [-0.3, -0.25) is 4.79 Å². The molecule has 0 bridgehead atoms. The number of anilines is 1. The number of amides is 1. The molecule has 3 aromatic rings. The van der Waals surface area contributed by atoms with E-state index in [0.717, 1.165) is 22.2 Å². The lowest BCUT2D eigenvalue weighted by Gasteiger charge is -2.21. The molecule has 3 rings (SSSR count). The molecular formula is C20H23ClN4O. The predicted molar refractivity (Wildman–Crippen MR) is 106 cm³/mol. The summed E-state index contributed by atoms with van der Waals surface area (Å²) < 4.78 is 2.11. The van der Waals surface area contributed by atoms with Crippen molar-refractivity contribution in [1.29, 1.82) is 0 Å². The van der Waals surface area contributed by atoms with Crippen LogP contribution in [0.4, 0.5) is 5.82 Å². The fourth-order valence-electron chi connectivity index (χ4n) is 2.78. The molecule has 26 heavy (non-hydrogen) atoms. The first-order valence-corrected chi connectivity index (χ1v) is 8.99. The van der Waals surface area contributed by atoms with Crippen molar-refractivity contribution in [2.45, 2.75) is 40.2 Å². The lowest BCUT2D eigenvalue weighted by molar-refractivity contribution is -0.118. The van der Waals surface area contributed by atoms with Gasteiger partial charge in [0.15, 0.2) is 0 Å². The molecule has 0 atom stereocenters. The van der Waals surface area contributed by atoms with Crippen molar-refractivity contribution < 1.29 is 4.79 Å². The SMILES string of the molecule is CC(C)C(=O)Nc1ncnc2c1c(-c1ccc(Cl)cc1)cn2C(C)(C)C. The fourth-order valence-corrected chi connectivity index (χ4v) is 2.90. The molecule has 0 aliphatic rings. The average Bonchev–Trinajstić information content (AvgIpc) is 2.96. The highest BCUT2D eigenvalue weighted by Crippen LogP contribution is 2.36. The zero-order chi connectivity index (χ0) is 19.1. The number of hydrogen-bond acceptors (Lipinski definition) is 3. The number of fused-ring (bicyclic) bond motifs is 1. The summed E-state index contributed by atoms with van der Waals surface area (Å²) >= 11 is 6.04. The van der Waals surface area contributed by atoms with Crippen molar-refractivity contribution in [2.75, 3.05) is 5.32 Å². The molecule has 0 radical (unpaired) electrons. The number of hydrogen-bond donors (Lipinski definition) is 1. The van der Waals surface area contributed by atoms with Gasteiger partial charge in [-0.25, -0.2) is 9.97 Å². The molecule has 0 aliphatic carbocycles. The summed E-state index contributed by atoms with van der Waals surface area (Å²) in [6, 6.07) is 7.64. The van der Waals surface area contributed by atoms with E-state index in [2.05, 4.69) is 46.8 Å². The van der Waals surface area contributed by atoms with Crippen molar-refractivity contribution in [3.05, 3.63) is 41.8 Å². The second-order valence-electron chi connectivity index (χ2n) is 7.66. The molecule has 5 nitrogen and oxygen atoms in total. The molecule has 6 heteroatoms. The van der Waals surface area contributed by atoms with Gasteiger partial charge in [0, 0.05) is 28.2 Å². The standard InChI is InChI=1S/C20H23ClN4O/c1-12(2)19(26)24-17-16-15(13-6-8-14(21)9-7-13)10-25(20(3,4)5)18(16)23-11-22-17/h6-12H,1-5H3,(H,22,23,24,26). The minimum atomic E-state index is -0.170. The summed E-state index contributed by atoms with van der Waals surface area (Å²) in [6.45, 7) is 10.1. The third kappa shape index (κ3) is 3.44. The number of benzene rings is 1. The van der Waals surface area contributed by atoms with Crippen LogP contribution in [0.25, 0.3) is 22.2 Å². The quantitative estimate of drug-likeness (QED) is 0.697. The molecule has 0 aliphatic heterocycles. The van der Waals surface area contributed by atoms with Gasteiger partial charge in [0.2, 0.25) is 5.91 Å². The smallest absolute Gasteiger partial charge is 0.228 e. The van der Waals surface area contributed by atoms with E-state index in [-0.39, 0.29) is 17.4 Å². The highest BCUT2D eigenvalue weighted by atomic mass is 35.5. The Labute approximate surface area is 158 Å². The number of halogens is 1. The van der Waals surface area contributed by atoms with Gasteiger partial charge >= 0.3 is 0 Å². The van der Waals surface area contributed by atoms with Gasteiger partial charge in [-0.1, -0.05) is 37.6 Å². The molecule has 0 unspecified atom stereocenters. The van der Waals surface area contributed by atoms with Crippen LogP contribution in [0.5, 0.6) is 0 Å². The normalized spacial score (nSPS) is 12.0. The van der Waals surface area contributed by atoms with Crippen molar-refractivity contribution in [2.24, 2.45) is 5.92 Å². The van der Waals surface area contributed by atoms with Crippen molar-refractivity contribution in [3.63, 3.8) is 0 Å². The fraction of sp³-hybridized carbons (Fsp3) is 0.350. The highest BCUT2D eigenvalue weighted by molar-refractivity contribution is 6.30. The predicted octanol–water partition coefficient (Wildman–Crippen LogP) is 5.10. The molecule has 2 aromatic heterocycles. The molecule has 2 heterocycles. The van der Waals surface area contributed by atoms with Gasteiger partial charge in [0.1, 0.15) is 17.8 Å². The Morgan fingerprint density at radius 3 is 2.38 bits per heavy atom. The minimum Gasteiger partial charge on any atom is -0.326 e. The zero-order valence-electron chi connectivity index (χ0n) is 15.7. The van der Waals surface area contributed by atoms with Crippen LogP contribution in [0.15, 0.2) is 36.8 Å². The molecule has 0 spiro atoms. The molecular weight excluding hydrogens is 348 g/mol. The van der Waals surface area contributed by atoms with Gasteiger partial charge in [0.05, 0.1) is 5.39 Å². The van der Waals surface area contributed by atoms with E-state index in [1.165, 1.54) is 6.33 Å². The summed E-state index contributed by atoms with van der Waals surface area (Å²) in [5.41, 5.74) is 2.58. The Kier molecular flexibility index (Phi) is 4.76. The van der Waals surface area contributed by atoms with Crippen LogP contribution in [-0.2, 0) is 10.3 Å². The second-order valence-corrected chi connectivity index (χ2v) is 8.09. The second kappa shape index (κ2) is 6.72. The van der Waals surface area contributed by atoms with E-state index in [9.17, 15) is 4.79 Å². The van der Waals surface area contributed by atoms with Gasteiger partial charge in [-0.15, -0.1) is 0 Å². The lowest BCUT2D eigenvalue weighted by atomic mass is 10.1. The van der Waals surface area contributed by atoms with Crippen LogP contribution in [0.2, 0.25) is 5.02 Å². The summed E-state index contributed by atoms with van der Waals surface area (Å²) in [5, 5.41) is 4.45. The van der Waals surface area contributed by atoms with E-state index in [0.29, 0.717) is 10.8 Å². The molecule has 1 N–H and O–H groups in total. The topological polar surface area (TPSA) is 59.8 Å². The van der Waals surface area contributed by atoms with Crippen LogP contribution in [-0.4, -0.2) is 20.4 Å². The molecule has 136 valence electrons. The summed E-state index contributed by atoms with van der Waals surface area (Å²) in [4.78, 5) is 21.1. The maximum atomic E-state index is 12.3. The molecule has 1 aromatic carbocycles. The van der Waals surface area contributed by atoms with Gasteiger partial charge in [-0.05, 0) is 38.5 Å². The minimum absolute atomic E-state index is 0.0736. The number of carbonyl (C=O) groups is 1. The Hall–Kier alpha value is -2.40. The van der Waals surface area contributed by atoms with Crippen LogP contribution in [0, 0.1) is 5.92 Å². The van der Waals surface area contributed by atoms with E-state index < -0.39 is 0 Å². The molecule has 1 amide bonds. The first kappa shape index (κ1) is 18.4. The van der Waals surface area contributed by atoms with Crippen LogP contribution in [0.1, 0.15) is 34.6 Å². The Morgan fingerprint density at radius 1 is 1.15 bits per heavy atom. The van der Waals surface area contributed by atoms with Gasteiger partial charge < -0.3 is 9.88 Å². The summed E-state index contributed by atoms with van der Waals surface area (Å²) in [5.74, 6) is 0.320. The third-order valence-corrected chi connectivity index (χ3v) is 4.48. The van der Waals surface area contributed by atoms with Crippen LogP contribution in [0.3, 0.4) is 0 Å². The van der Waals surface area contributed by atoms with Crippen molar-refractivity contribution in [3.8, 4) is 11.1 Å². The Balaban J connectivity index is 2.28. The average molecular weight is 371 g/mol. The maximum Gasteiger partial charge on any atom is 0.228 e. The zero-order valence-corrected chi connectivity index (χ0v) is 16.4. The first-order valence-electron chi connectivity index (χ1n) is 8.62. The monoisotopic (exact) mass is 370 g/mol. The first-order chi connectivity index (χ1) is 12.2. The summed E-state index contributed by atoms with van der Waals surface area (Å²) in [6.07, 6.45) is 3.56. The number of nitrogens with one attached hydrogen (secondary N) is 1. The Morgan fingerprint density at radius 2 is 1.81 bits per heavy atom. The summed E-state index contributed by atoms with van der Waals surface area (Å²) in [7, 11) is 0. The van der Waals surface area contributed by atoms with E-state index in [1.807, 2.05) is 38.1 Å². The van der Waals surface area contributed by atoms with E-state index in [4.69, 9.17) is 11.6 Å². The van der Waals surface area contributed by atoms with E-state index in [1.54, 1.807) is 0 Å². The van der Waals surface area contributed by atoms with Crippen molar-refractivity contribution in [1.82, 2.24) is 14.5 Å². The number of nitrogens with zero attached hydrogens (tertiary/aromatic N) is 3.